The molecule has 0 aliphatic carbocycles. The van der Waals surface area contributed by atoms with Crippen LogP contribution in [0.2, 0.25) is 0 Å². The normalized spacial score (nSPS) is 12.2. The van der Waals surface area contributed by atoms with Crippen molar-refractivity contribution in [3.05, 3.63) is 145 Å². The molecule has 0 aliphatic rings. The van der Waals surface area contributed by atoms with Gasteiger partial charge in [-0.1, -0.05) is 98.0 Å². The van der Waals surface area contributed by atoms with Crippen LogP contribution in [0.15, 0.2) is 121 Å². The van der Waals surface area contributed by atoms with E-state index in [9.17, 15) is 0 Å². The minimum absolute atomic E-state index is 0. The largest absolute Gasteiger partial charge is 0.510 e. The molecule has 0 fully saturated rings. The van der Waals surface area contributed by atoms with Crippen LogP contribution in [-0.4, -0.2) is 23.3 Å². The number of fused-ring (bicyclic) bond motifs is 13. The number of hydrogen-bond acceptors (Lipinski definition) is 2. The third kappa shape index (κ3) is 5.08. The number of aryl methyl sites for hydroxylation is 3. The average Bonchev–Trinajstić information content (AvgIpc) is 3.91. The third-order valence-corrected chi connectivity index (χ3v) is 11.6. The van der Waals surface area contributed by atoms with Gasteiger partial charge >= 0.3 is 0 Å². The Morgan fingerprint density at radius 2 is 1.23 bits per heavy atom. The van der Waals surface area contributed by atoms with Crippen LogP contribution in [0.25, 0.3) is 88.0 Å². The minimum atomic E-state index is -0.0767. The van der Waals surface area contributed by atoms with Crippen LogP contribution in [0.1, 0.15) is 26.3 Å². The summed E-state index contributed by atoms with van der Waals surface area (Å²) in [5, 5.41) is 7.12. The summed E-state index contributed by atoms with van der Waals surface area (Å²) in [4.78, 5) is 5.09. The van der Waals surface area contributed by atoms with E-state index in [1.165, 1.54) is 54.6 Å². The summed E-state index contributed by atoms with van der Waals surface area (Å²) < 4.78 is 17.7. The molecular weight excluding hydrogens is 884 g/mol. The molecule has 5 aromatic heterocycles. The maximum atomic E-state index is 6.67. The van der Waals surface area contributed by atoms with Crippen LogP contribution in [0.4, 0.5) is 0 Å². The van der Waals surface area contributed by atoms with Crippen LogP contribution >= 0.6 is 0 Å². The van der Waals surface area contributed by atoms with Crippen LogP contribution < -0.4 is 9.30 Å². The first kappa shape index (κ1) is 35.3. The summed E-state index contributed by atoms with van der Waals surface area (Å²) in [6, 6.07) is 47.6. The Bertz CT molecular complexity index is 3430. The Kier molecular flexibility index (Phi) is 7.84. The number of ether oxygens (including phenoxy) is 1. The second-order valence-corrected chi connectivity index (χ2v) is 15.9. The van der Waals surface area contributed by atoms with E-state index in [0.29, 0.717) is 11.5 Å². The van der Waals surface area contributed by atoms with Crippen molar-refractivity contribution in [2.75, 3.05) is 0 Å². The van der Waals surface area contributed by atoms with Crippen molar-refractivity contribution in [3.63, 3.8) is 0 Å². The van der Waals surface area contributed by atoms with Crippen molar-refractivity contribution < 1.29 is 30.4 Å². The molecule has 57 heavy (non-hydrogen) atoms. The Labute approximate surface area is 344 Å². The van der Waals surface area contributed by atoms with Gasteiger partial charge in [-0.3, -0.25) is 0 Å². The molecule has 0 atom stereocenters. The molecule has 0 N–H and O–H groups in total. The van der Waals surface area contributed by atoms with Crippen LogP contribution in [0.5, 0.6) is 11.5 Å². The van der Waals surface area contributed by atoms with Crippen molar-refractivity contribution in [2.24, 2.45) is 21.1 Å². The Hall–Kier alpha value is -6.17. The number of aromatic nitrogens is 6. The summed E-state index contributed by atoms with van der Waals surface area (Å²) in [6.45, 7) is 6.74. The van der Waals surface area contributed by atoms with Gasteiger partial charge in [0.25, 0.3) is 0 Å². The van der Waals surface area contributed by atoms with Gasteiger partial charge in [-0.2, -0.15) is 18.2 Å². The van der Waals surface area contributed by atoms with E-state index in [1.807, 2.05) is 58.8 Å². The number of pyridine rings is 1. The maximum absolute atomic E-state index is 6.67. The molecular formula is C49H38N6OPt-2. The standard InChI is InChI=1S/C49H38N6O.Pt/c1-49(2,3)30-24-25-50-42(26-30)55-41-28-33(56-32-15-13-14-31(27-32)54-29-51(4)39-20-11-12-21-40(39)54)22-23-36(41)45-47-43(34-16-7-9-18-37(34)52(47)5)46-44(48(45)55)35-17-8-10-19-38(35)53(46)6;/h7-26H,1-6H3;/q-2;. The summed E-state index contributed by atoms with van der Waals surface area (Å²) in [6.07, 6.45) is 5.36. The predicted molar refractivity (Wildman–Crippen MR) is 226 cm³/mol. The van der Waals surface area contributed by atoms with Gasteiger partial charge in [0, 0.05) is 91.0 Å². The van der Waals surface area contributed by atoms with Gasteiger partial charge in [0.1, 0.15) is 5.82 Å². The van der Waals surface area contributed by atoms with Gasteiger partial charge in [-0.05, 0) is 40.6 Å². The predicted octanol–water partition coefficient (Wildman–Crippen LogP) is 10.7. The van der Waals surface area contributed by atoms with Crippen LogP contribution in [0.3, 0.4) is 0 Å². The number of nitrogens with zero attached hydrogens (tertiary/aromatic N) is 6. The van der Waals surface area contributed by atoms with Crippen molar-refractivity contribution in [1.82, 2.24) is 23.3 Å². The fourth-order valence-corrected chi connectivity index (χ4v) is 8.94. The SMILES string of the molecule is Cn1[c-][n+](-c2[c-]c(Oc3[c-]c4c(cc3)c3c5c(c6ccccc6n5C)c5c(c6ccccc6n5C)c3n4-c3cc(C(C)(C)C)ccn3)ccc2)c2ccccc21.[Pt]. The number of imidazole rings is 1. The fraction of sp³-hybridized carbons (Fsp3) is 0.143. The number of rotatable bonds is 4. The topological polar surface area (TPSA) is 45.7 Å². The molecule has 6 aromatic carbocycles. The molecule has 11 rings (SSSR count). The zero-order valence-electron chi connectivity index (χ0n) is 32.5. The van der Waals surface area contributed by atoms with E-state index in [1.54, 1.807) is 0 Å². The molecule has 8 heteroatoms. The first-order valence-electron chi connectivity index (χ1n) is 19.0. The second kappa shape index (κ2) is 12.7. The summed E-state index contributed by atoms with van der Waals surface area (Å²) in [7, 11) is 6.39. The minimum Gasteiger partial charge on any atom is -0.510 e. The molecule has 7 nitrogen and oxygen atoms in total. The van der Waals surface area contributed by atoms with E-state index in [0.717, 1.165) is 39.0 Å². The van der Waals surface area contributed by atoms with Gasteiger partial charge in [0.15, 0.2) is 0 Å². The summed E-state index contributed by atoms with van der Waals surface area (Å²) >= 11 is 0. The van der Waals surface area contributed by atoms with Gasteiger partial charge < -0.3 is 27.6 Å². The van der Waals surface area contributed by atoms with Gasteiger partial charge in [-0.25, -0.2) is 4.98 Å². The molecule has 0 bridgehead atoms. The molecule has 0 amide bonds. The Morgan fingerprint density at radius 1 is 0.614 bits per heavy atom. The molecule has 5 heterocycles. The van der Waals surface area contributed by atoms with Crippen molar-refractivity contribution >= 4 is 76.5 Å². The van der Waals surface area contributed by atoms with Gasteiger partial charge in [0.2, 0.25) is 6.33 Å². The molecule has 11 aromatic rings. The molecule has 0 aliphatic heterocycles. The van der Waals surface area contributed by atoms with E-state index in [-0.39, 0.29) is 26.5 Å². The molecule has 0 unspecified atom stereocenters. The zero-order valence-corrected chi connectivity index (χ0v) is 34.7. The first-order valence-corrected chi connectivity index (χ1v) is 19.0. The summed E-state index contributed by atoms with van der Waals surface area (Å²) in [5.74, 6) is 2.03. The van der Waals surface area contributed by atoms with Crippen molar-refractivity contribution in [3.8, 4) is 23.0 Å². The van der Waals surface area contributed by atoms with Crippen LogP contribution in [0, 0.1) is 18.5 Å². The fourth-order valence-electron chi connectivity index (χ4n) is 8.94. The number of benzene rings is 6. The van der Waals surface area contributed by atoms with Crippen molar-refractivity contribution in [1.29, 1.82) is 0 Å². The Morgan fingerprint density at radius 3 is 1.93 bits per heavy atom. The third-order valence-electron chi connectivity index (χ3n) is 11.6. The Balaban J connectivity index is 0.00000396. The second-order valence-electron chi connectivity index (χ2n) is 15.9. The van der Waals surface area contributed by atoms with Gasteiger partial charge in [-0.15, -0.1) is 24.3 Å². The van der Waals surface area contributed by atoms with Crippen molar-refractivity contribution in [2.45, 2.75) is 26.2 Å². The molecule has 0 saturated carbocycles. The van der Waals surface area contributed by atoms with E-state index >= 15 is 0 Å². The number of para-hydroxylation sites is 4. The van der Waals surface area contributed by atoms with E-state index < -0.39 is 0 Å². The van der Waals surface area contributed by atoms with Crippen LogP contribution in [-0.2, 0) is 47.6 Å². The van der Waals surface area contributed by atoms with E-state index in [4.69, 9.17) is 9.72 Å². The monoisotopic (exact) mass is 921 g/mol. The average molecular weight is 922 g/mol. The molecule has 0 saturated heterocycles. The smallest absolute Gasteiger partial charge is 0.242 e. The summed E-state index contributed by atoms with van der Waals surface area (Å²) in [5.41, 5.74) is 10.9. The first-order chi connectivity index (χ1) is 27.2. The maximum Gasteiger partial charge on any atom is 0.242 e. The quantitative estimate of drug-likeness (QED) is 0.130. The number of hydrogen-bond donors (Lipinski definition) is 0. The molecule has 0 spiro atoms. The molecule has 282 valence electrons. The molecule has 0 radical (unpaired) electrons. The zero-order chi connectivity index (χ0) is 38.0. The van der Waals surface area contributed by atoms with E-state index in [2.05, 4.69) is 146 Å². The van der Waals surface area contributed by atoms with Gasteiger partial charge in [0.05, 0.1) is 29.1 Å².